The van der Waals surface area contributed by atoms with Gasteiger partial charge in [0, 0.05) is 16.5 Å². The molecule has 144 valence electrons. The molecule has 0 bridgehead atoms. The fourth-order valence-corrected chi connectivity index (χ4v) is 5.27. The highest BCUT2D eigenvalue weighted by Crippen LogP contribution is 2.42. The number of hydrogen-bond acceptors (Lipinski definition) is 5. The van der Waals surface area contributed by atoms with Crippen LogP contribution in [-0.4, -0.2) is 29.4 Å². The molecule has 0 spiro atoms. The maximum atomic E-state index is 13.1. The minimum Gasteiger partial charge on any atom is -0.261 e. The van der Waals surface area contributed by atoms with Gasteiger partial charge in [-0.1, -0.05) is 0 Å². The first-order valence-electron chi connectivity index (χ1n) is 9.27. The van der Waals surface area contributed by atoms with Crippen LogP contribution in [0.2, 0.25) is 0 Å². The summed E-state index contributed by atoms with van der Waals surface area (Å²) in [5.74, 6) is 0.597. The number of rotatable bonds is 3. The van der Waals surface area contributed by atoms with Crippen molar-refractivity contribution < 1.29 is 13.2 Å². The average molecular weight is 404 g/mol. The Kier molecular flexibility index (Phi) is 3.25. The predicted molar refractivity (Wildman–Crippen MR) is 96.5 cm³/mol. The molecule has 0 unspecified atom stereocenters. The normalized spacial score (nSPS) is 17.1. The number of hydrogen-bond donors (Lipinski definition) is 0. The van der Waals surface area contributed by atoms with E-state index in [9.17, 15) is 13.2 Å². The van der Waals surface area contributed by atoms with E-state index in [1.54, 1.807) is 22.2 Å². The number of alkyl halides is 3. The fourth-order valence-electron chi connectivity index (χ4n) is 4.04. The van der Waals surface area contributed by atoms with Gasteiger partial charge in [-0.2, -0.15) is 18.3 Å². The van der Waals surface area contributed by atoms with Crippen LogP contribution < -0.4 is 0 Å². The second-order valence-electron chi connectivity index (χ2n) is 7.46. The van der Waals surface area contributed by atoms with Gasteiger partial charge in [0.1, 0.15) is 17.7 Å². The number of fused-ring (bicyclic) bond motifs is 5. The molecule has 2 aliphatic rings. The molecule has 0 radical (unpaired) electrons. The Morgan fingerprint density at radius 2 is 2.04 bits per heavy atom. The maximum absolute atomic E-state index is 13.1. The van der Waals surface area contributed by atoms with E-state index >= 15 is 0 Å². The van der Waals surface area contributed by atoms with Crippen molar-refractivity contribution in [3.8, 4) is 0 Å². The standard InChI is InChI=1S/C18H15F3N6S/c19-18(20,21)13-6-11(9-4-5-9)26(24-13)7-14-23-16-15-10-2-1-3-12(10)28-17(15)22-8-27(16)25-14/h6,8-9H,1-5,7H2. The smallest absolute Gasteiger partial charge is 0.261 e. The maximum Gasteiger partial charge on any atom is 0.435 e. The van der Waals surface area contributed by atoms with Gasteiger partial charge in [-0.25, -0.2) is 14.5 Å². The highest BCUT2D eigenvalue weighted by Gasteiger charge is 2.38. The van der Waals surface area contributed by atoms with E-state index in [1.807, 2.05) is 0 Å². The summed E-state index contributed by atoms with van der Waals surface area (Å²) < 4.78 is 42.4. The minimum atomic E-state index is -4.45. The highest BCUT2D eigenvalue weighted by atomic mass is 32.1. The molecule has 4 heterocycles. The molecule has 6 nitrogen and oxygen atoms in total. The Hall–Kier alpha value is -2.49. The lowest BCUT2D eigenvalue weighted by Gasteiger charge is -2.03. The van der Waals surface area contributed by atoms with E-state index in [2.05, 4.69) is 20.2 Å². The first kappa shape index (κ1) is 16.5. The Balaban J connectivity index is 1.44. The van der Waals surface area contributed by atoms with Crippen molar-refractivity contribution in [3.05, 3.63) is 40.0 Å². The SMILES string of the molecule is FC(F)(F)c1cc(C2CC2)n(Cc2nc3c4c5c(sc4ncn3n2)CCC5)n1. The second-order valence-corrected chi connectivity index (χ2v) is 8.55. The molecule has 0 N–H and O–H groups in total. The van der Waals surface area contributed by atoms with Gasteiger partial charge in [0.15, 0.2) is 17.2 Å². The molecule has 0 amide bonds. The molecule has 0 aliphatic heterocycles. The van der Waals surface area contributed by atoms with Crippen LogP contribution in [0.5, 0.6) is 0 Å². The lowest BCUT2D eigenvalue weighted by atomic mass is 10.2. The van der Waals surface area contributed by atoms with Gasteiger partial charge >= 0.3 is 6.18 Å². The van der Waals surface area contributed by atoms with Gasteiger partial charge < -0.3 is 0 Å². The van der Waals surface area contributed by atoms with Crippen LogP contribution in [0.3, 0.4) is 0 Å². The average Bonchev–Trinajstić information content (AvgIpc) is 3.00. The predicted octanol–water partition coefficient (Wildman–Crippen LogP) is 3.97. The van der Waals surface area contributed by atoms with Crippen LogP contribution >= 0.6 is 11.3 Å². The molecule has 0 aromatic carbocycles. The number of aryl methyl sites for hydroxylation is 2. The zero-order valence-electron chi connectivity index (χ0n) is 14.7. The van der Waals surface area contributed by atoms with Crippen molar-refractivity contribution in [2.75, 3.05) is 0 Å². The van der Waals surface area contributed by atoms with Gasteiger partial charge in [-0.3, -0.25) is 4.68 Å². The highest BCUT2D eigenvalue weighted by molar-refractivity contribution is 7.19. The van der Waals surface area contributed by atoms with Crippen molar-refractivity contribution in [1.29, 1.82) is 0 Å². The zero-order chi connectivity index (χ0) is 19.0. The van der Waals surface area contributed by atoms with Crippen molar-refractivity contribution in [1.82, 2.24) is 29.4 Å². The first-order valence-corrected chi connectivity index (χ1v) is 10.1. The topological polar surface area (TPSA) is 60.9 Å². The van der Waals surface area contributed by atoms with Crippen LogP contribution in [0.1, 0.15) is 52.8 Å². The lowest BCUT2D eigenvalue weighted by molar-refractivity contribution is -0.141. The molecule has 1 fully saturated rings. The minimum absolute atomic E-state index is 0.122. The Bertz CT molecular complexity index is 1230. The summed E-state index contributed by atoms with van der Waals surface area (Å²) in [6, 6.07) is 1.17. The van der Waals surface area contributed by atoms with E-state index in [-0.39, 0.29) is 12.5 Å². The van der Waals surface area contributed by atoms with E-state index in [0.29, 0.717) is 11.5 Å². The van der Waals surface area contributed by atoms with Crippen LogP contribution in [0.25, 0.3) is 15.9 Å². The van der Waals surface area contributed by atoms with Gasteiger partial charge in [-0.05, 0) is 43.7 Å². The van der Waals surface area contributed by atoms with Gasteiger partial charge in [0.2, 0.25) is 0 Å². The number of aromatic nitrogens is 6. The van der Waals surface area contributed by atoms with E-state index in [0.717, 1.165) is 48.0 Å². The monoisotopic (exact) mass is 404 g/mol. The summed E-state index contributed by atoms with van der Waals surface area (Å²) in [6.07, 6.45) is 2.19. The summed E-state index contributed by atoms with van der Waals surface area (Å²) in [5.41, 5.74) is 1.80. The third-order valence-electron chi connectivity index (χ3n) is 5.47. The molecule has 6 rings (SSSR count). The summed E-state index contributed by atoms with van der Waals surface area (Å²) >= 11 is 1.70. The molecule has 0 atom stereocenters. The Labute approximate surface area is 161 Å². The molecule has 10 heteroatoms. The Morgan fingerprint density at radius 3 is 2.82 bits per heavy atom. The largest absolute Gasteiger partial charge is 0.435 e. The fraction of sp³-hybridized carbons (Fsp3) is 0.444. The quantitative estimate of drug-likeness (QED) is 0.518. The van der Waals surface area contributed by atoms with Crippen molar-refractivity contribution >= 4 is 27.2 Å². The summed E-state index contributed by atoms with van der Waals surface area (Å²) in [4.78, 5) is 11.5. The molecular formula is C18H15F3N6S. The first-order chi connectivity index (χ1) is 13.5. The number of halogens is 3. The Morgan fingerprint density at radius 1 is 1.18 bits per heavy atom. The van der Waals surface area contributed by atoms with Crippen LogP contribution in [0, 0.1) is 0 Å². The summed E-state index contributed by atoms with van der Waals surface area (Å²) in [7, 11) is 0. The van der Waals surface area contributed by atoms with Crippen LogP contribution in [0.15, 0.2) is 12.4 Å². The molecule has 28 heavy (non-hydrogen) atoms. The van der Waals surface area contributed by atoms with E-state index in [4.69, 9.17) is 0 Å². The van der Waals surface area contributed by atoms with Gasteiger partial charge in [-0.15, -0.1) is 16.4 Å². The lowest BCUT2D eigenvalue weighted by Crippen LogP contribution is -2.10. The molecule has 4 aromatic heterocycles. The zero-order valence-corrected chi connectivity index (χ0v) is 15.5. The number of thiophene rings is 1. The number of nitrogens with zero attached hydrogens (tertiary/aromatic N) is 6. The summed E-state index contributed by atoms with van der Waals surface area (Å²) in [5, 5.41) is 9.31. The molecule has 2 aliphatic carbocycles. The third kappa shape index (κ3) is 2.47. The van der Waals surface area contributed by atoms with Crippen LogP contribution in [-0.2, 0) is 25.6 Å². The van der Waals surface area contributed by atoms with Crippen molar-refractivity contribution in [2.45, 2.75) is 50.7 Å². The van der Waals surface area contributed by atoms with Gasteiger partial charge in [0.05, 0.1) is 5.39 Å². The molecule has 0 saturated heterocycles. The van der Waals surface area contributed by atoms with Crippen molar-refractivity contribution in [2.24, 2.45) is 0 Å². The second kappa shape index (κ2) is 5.53. The van der Waals surface area contributed by atoms with Gasteiger partial charge in [0.25, 0.3) is 0 Å². The van der Waals surface area contributed by atoms with E-state index < -0.39 is 11.9 Å². The molecule has 1 saturated carbocycles. The van der Waals surface area contributed by atoms with Crippen LogP contribution in [0.4, 0.5) is 13.2 Å². The van der Waals surface area contributed by atoms with E-state index in [1.165, 1.54) is 21.2 Å². The molecule has 4 aromatic rings. The van der Waals surface area contributed by atoms with Crippen molar-refractivity contribution in [3.63, 3.8) is 0 Å². The molecular weight excluding hydrogens is 389 g/mol. The third-order valence-corrected chi connectivity index (χ3v) is 6.67. The summed E-state index contributed by atoms with van der Waals surface area (Å²) in [6.45, 7) is 0.122.